The third-order valence-electron chi connectivity index (χ3n) is 10.9. The van der Waals surface area contributed by atoms with E-state index in [1.807, 2.05) is 12.1 Å². The van der Waals surface area contributed by atoms with Crippen LogP contribution in [0.15, 0.2) is 24.3 Å². The minimum atomic E-state index is -1.19. The fourth-order valence-corrected chi connectivity index (χ4v) is 13.4. The second-order valence-electron chi connectivity index (χ2n) is 14.9. The zero-order valence-electron chi connectivity index (χ0n) is 31.0. The van der Waals surface area contributed by atoms with Crippen LogP contribution in [0.25, 0.3) is 0 Å². The molecule has 0 atom stereocenters. The third-order valence-corrected chi connectivity index (χ3v) is 16.6. The quantitative estimate of drug-likeness (QED) is 0.0439. The van der Waals surface area contributed by atoms with Crippen molar-refractivity contribution < 1.29 is 9.59 Å². The van der Waals surface area contributed by atoms with Crippen LogP contribution in [0.4, 0.5) is 0 Å². The summed E-state index contributed by atoms with van der Waals surface area (Å²) >= 11 is 0. The zero-order valence-corrected chi connectivity index (χ0v) is 32.0. The Bertz CT molecular complexity index is 839. The smallest absolute Gasteiger partial charge is 0.269 e. The molecule has 4 heteroatoms. The first-order valence-corrected chi connectivity index (χ1v) is 23.4. The summed E-state index contributed by atoms with van der Waals surface area (Å²) in [5.74, 6) is -0.214. The summed E-state index contributed by atoms with van der Waals surface area (Å²) in [6, 6.07) is 7.24. The summed E-state index contributed by atoms with van der Waals surface area (Å²) in [5, 5.41) is 0. The molecule has 0 saturated carbocycles. The molecule has 0 aromatic heterocycles. The molecule has 1 aliphatic heterocycles. The summed E-state index contributed by atoms with van der Waals surface area (Å²) in [7, 11) is -1.19. The average Bonchev–Trinajstić information content (AvgIpc) is 3.31. The van der Waals surface area contributed by atoms with E-state index in [1.165, 1.54) is 159 Å². The number of hydrogen-bond donors (Lipinski definition) is 0. The summed E-state index contributed by atoms with van der Waals surface area (Å²) in [6.07, 6.45) is 42.7. The van der Waals surface area contributed by atoms with Crippen molar-refractivity contribution in [3.8, 4) is 0 Å². The van der Waals surface area contributed by atoms with Gasteiger partial charge in [-0.1, -0.05) is 12.1 Å². The predicted molar refractivity (Wildman–Crippen MR) is 207 cm³/mol. The normalized spacial score (nSPS) is 13.6. The summed E-state index contributed by atoms with van der Waals surface area (Å²) in [4.78, 5) is 26.6. The van der Waals surface area contributed by atoms with Crippen molar-refractivity contribution in [3.05, 3.63) is 35.4 Å². The van der Waals surface area contributed by atoms with E-state index in [2.05, 4.69) is 20.8 Å². The molecule has 0 unspecified atom stereocenters. The Hall–Kier alpha value is -1.21. The van der Waals surface area contributed by atoms with Crippen molar-refractivity contribution in [1.29, 1.82) is 0 Å². The van der Waals surface area contributed by atoms with E-state index >= 15 is 0 Å². The van der Waals surface area contributed by atoms with Crippen LogP contribution in [-0.4, -0.2) is 47.9 Å². The van der Waals surface area contributed by atoms with Crippen LogP contribution < -0.4 is 0 Å². The standard InChI is InChI=1S/C42H76NO2P/c1-4-7-10-13-21-28-35-46(36-29-22-14-11-8-5-2,37-30-23-15-12-9-6-3)38-31-24-19-17-16-18-20-27-34-43-41(44)39-32-25-26-33-40(39)42(43)45/h25-26,32-33,46H,4-24,27-31,34-38H2,1-3H3. The Morgan fingerprint density at radius 2 is 0.696 bits per heavy atom. The van der Waals surface area contributed by atoms with Crippen LogP contribution in [0, 0.1) is 0 Å². The SMILES string of the molecule is CCCCCCCC[PH](CCCCCCCC)(CCCCCCCC)CCCCCCCCCCN1C(=O)c2ccccc2C1=O. The van der Waals surface area contributed by atoms with Gasteiger partial charge in [0.2, 0.25) is 0 Å². The van der Waals surface area contributed by atoms with Crippen LogP contribution >= 0.6 is 7.26 Å². The Kier molecular flexibility index (Phi) is 23.8. The molecule has 0 fully saturated rings. The molecule has 0 bridgehead atoms. The van der Waals surface area contributed by atoms with Gasteiger partial charge in [0.25, 0.3) is 0 Å². The van der Waals surface area contributed by atoms with E-state index < -0.39 is 7.26 Å². The Morgan fingerprint density at radius 3 is 1.02 bits per heavy atom. The molecule has 1 aromatic carbocycles. The molecule has 1 aromatic rings. The third kappa shape index (κ3) is 16.8. The van der Waals surface area contributed by atoms with E-state index in [0.717, 1.165) is 12.8 Å². The van der Waals surface area contributed by atoms with Gasteiger partial charge in [-0.15, -0.1) is 0 Å². The van der Waals surface area contributed by atoms with Crippen LogP contribution in [-0.2, 0) is 0 Å². The fraction of sp³-hybridized carbons (Fsp3) is 0.810. The van der Waals surface area contributed by atoms with Crippen molar-refractivity contribution in [2.24, 2.45) is 0 Å². The van der Waals surface area contributed by atoms with Crippen molar-refractivity contribution >= 4 is 19.1 Å². The van der Waals surface area contributed by atoms with Gasteiger partial charge in [0, 0.05) is 0 Å². The number of hydrogen-bond acceptors (Lipinski definition) is 2. The molecule has 1 aliphatic rings. The predicted octanol–water partition coefficient (Wildman–Crippen LogP) is 13.2. The number of rotatable bonds is 32. The van der Waals surface area contributed by atoms with Crippen LogP contribution in [0.3, 0.4) is 0 Å². The molecule has 266 valence electrons. The molecule has 1 heterocycles. The molecule has 46 heavy (non-hydrogen) atoms. The Labute approximate surface area is 287 Å². The summed E-state index contributed by atoms with van der Waals surface area (Å²) < 4.78 is 0. The van der Waals surface area contributed by atoms with Gasteiger partial charge in [-0.05, 0) is 12.1 Å². The fourth-order valence-electron chi connectivity index (χ4n) is 7.86. The van der Waals surface area contributed by atoms with E-state index in [9.17, 15) is 9.59 Å². The van der Waals surface area contributed by atoms with E-state index in [4.69, 9.17) is 0 Å². The topological polar surface area (TPSA) is 37.4 Å². The summed E-state index contributed by atoms with van der Waals surface area (Å²) in [6.45, 7) is 7.57. The van der Waals surface area contributed by atoms with Crippen LogP contribution in [0.5, 0.6) is 0 Å². The van der Waals surface area contributed by atoms with Gasteiger partial charge in [0.15, 0.2) is 0 Å². The second kappa shape index (κ2) is 26.7. The Balaban J connectivity index is 1.73. The van der Waals surface area contributed by atoms with Crippen molar-refractivity contribution in [2.45, 2.75) is 188 Å². The molecule has 2 rings (SSSR count). The van der Waals surface area contributed by atoms with Gasteiger partial charge >= 0.3 is 243 Å². The first-order valence-electron chi connectivity index (χ1n) is 20.5. The van der Waals surface area contributed by atoms with Gasteiger partial charge in [-0.2, -0.15) is 0 Å². The molecule has 0 N–H and O–H groups in total. The maximum atomic E-state index is 12.6. The molecule has 3 nitrogen and oxygen atoms in total. The van der Waals surface area contributed by atoms with Gasteiger partial charge in [-0.3, -0.25) is 9.59 Å². The van der Waals surface area contributed by atoms with E-state index in [1.54, 1.807) is 36.8 Å². The van der Waals surface area contributed by atoms with Crippen LogP contribution in [0.2, 0.25) is 0 Å². The molecule has 2 amide bonds. The number of carbonyl (C=O) groups excluding carboxylic acids is 2. The van der Waals surface area contributed by atoms with Gasteiger partial charge in [0.1, 0.15) is 0 Å². The zero-order chi connectivity index (χ0) is 33.1. The number of unbranched alkanes of at least 4 members (excludes halogenated alkanes) is 22. The second-order valence-corrected chi connectivity index (χ2v) is 19.9. The van der Waals surface area contributed by atoms with Crippen molar-refractivity contribution in [3.63, 3.8) is 0 Å². The van der Waals surface area contributed by atoms with Gasteiger partial charge in [-0.25, -0.2) is 0 Å². The number of imide groups is 1. The van der Waals surface area contributed by atoms with Crippen molar-refractivity contribution in [2.75, 3.05) is 31.2 Å². The first-order chi connectivity index (χ1) is 22.6. The van der Waals surface area contributed by atoms with E-state index in [0.29, 0.717) is 17.7 Å². The maximum absolute atomic E-state index is 12.6. The number of amides is 2. The number of nitrogens with zero attached hydrogens (tertiary/aromatic N) is 1. The number of fused-ring (bicyclic) bond motifs is 1. The minimum Gasteiger partial charge on any atom is -0.269 e. The van der Waals surface area contributed by atoms with Gasteiger partial charge < -0.3 is 0 Å². The summed E-state index contributed by atoms with van der Waals surface area (Å²) in [5.41, 5.74) is 1.15. The molecule has 0 saturated heterocycles. The number of carbonyl (C=O) groups is 2. The minimum absolute atomic E-state index is 0.107. The molecule has 0 radical (unpaired) electrons. The Morgan fingerprint density at radius 1 is 0.413 bits per heavy atom. The molecule has 0 aliphatic carbocycles. The van der Waals surface area contributed by atoms with E-state index in [-0.39, 0.29) is 11.8 Å². The first kappa shape index (κ1) is 41.0. The van der Waals surface area contributed by atoms with Gasteiger partial charge in [0.05, 0.1) is 11.1 Å². The number of benzene rings is 1. The van der Waals surface area contributed by atoms with Crippen molar-refractivity contribution in [1.82, 2.24) is 4.90 Å². The monoisotopic (exact) mass is 658 g/mol. The van der Waals surface area contributed by atoms with Crippen LogP contribution in [0.1, 0.15) is 208 Å². The molecular formula is C42H76NO2P. The average molecular weight is 658 g/mol. The molecule has 0 spiro atoms. The molecular weight excluding hydrogens is 581 g/mol.